The summed E-state index contributed by atoms with van der Waals surface area (Å²) in [6.45, 7) is 1.60. The van der Waals surface area contributed by atoms with Crippen LogP contribution in [0.3, 0.4) is 0 Å². The summed E-state index contributed by atoms with van der Waals surface area (Å²) in [7, 11) is 0. The van der Waals surface area contributed by atoms with Crippen molar-refractivity contribution in [1.29, 1.82) is 0 Å². The number of H-pyrrole nitrogens is 1. The fraction of sp³-hybridized carbons (Fsp3) is 0.200. The third-order valence-corrected chi connectivity index (χ3v) is 3.83. The number of rotatable bonds is 3. The Morgan fingerprint density at radius 3 is 2.76 bits per heavy atom. The quantitative estimate of drug-likeness (QED) is 0.850. The zero-order chi connectivity index (χ0) is 12.6. The molecule has 0 saturated heterocycles. The molecule has 4 nitrogen and oxygen atoms in total. The fourth-order valence-corrected chi connectivity index (χ4v) is 2.33. The number of hydrogen-bond donors (Lipinski definition) is 2. The number of aromatic amines is 1. The molecule has 1 heterocycles. The second-order valence-corrected chi connectivity index (χ2v) is 5.57. The highest BCUT2D eigenvalue weighted by atomic mass is 35.5. The number of aromatic nitrogens is 2. The van der Waals surface area contributed by atoms with Gasteiger partial charge in [0.15, 0.2) is 5.16 Å². The highest BCUT2D eigenvalue weighted by molar-refractivity contribution is 8.00. The third kappa shape index (κ3) is 2.68. The number of benzene rings is 1. The van der Waals surface area contributed by atoms with Crippen LogP contribution in [0.4, 0.5) is 0 Å². The maximum atomic E-state index is 10.7. The monoisotopic (exact) mass is 290 g/mol. The molecule has 0 amide bonds. The van der Waals surface area contributed by atoms with Gasteiger partial charge in [-0.2, -0.15) is 0 Å². The molecule has 90 valence electrons. The molecule has 1 aromatic heterocycles. The minimum Gasteiger partial charge on any atom is -0.480 e. The Balaban J connectivity index is 2.35. The van der Waals surface area contributed by atoms with E-state index in [1.807, 2.05) is 0 Å². The lowest BCUT2D eigenvalue weighted by atomic mass is 10.3. The van der Waals surface area contributed by atoms with Gasteiger partial charge in [-0.05, 0) is 19.1 Å². The molecule has 0 aliphatic heterocycles. The number of nitrogens with zero attached hydrogens (tertiary/aromatic N) is 1. The number of imidazole rings is 1. The van der Waals surface area contributed by atoms with Gasteiger partial charge >= 0.3 is 5.97 Å². The molecule has 2 N–H and O–H groups in total. The van der Waals surface area contributed by atoms with E-state index in [0.29, 0.717) is 20.7 Å². The average molecular weight is 291 g/mol. The lowest BCUT2D eigenvalue weighted by molar-refractivity contribution is -0.136. The molecule has 2 aromatic rings. The molecule has 0 spiro atoms. The number of halogens is 2. The minimum absolute atomic E-state index is 0.425. The van der Waals surface area contributed by atoms with E-state index in [4.69, 9.17) is 28.3 Å². The number of aliphatic carboxylic acids is 1. The van der Waals surface area contributed by atoms with Gasteiger partial charge in [0.25, 0.3) is 0 Å². The Hall–Kier alpha value is -0.910. The van der Waals surface area contributed by atoms with Crippen molar-refractivity contribution in [3.05, 3.63) is 22.2 Å². The number of hydrogen-bond acceptors (Lipinski definition) is 3. The van der Waals surface area contributed by atoms with Crippen LogP contribution < -0.4 is 0 Å². The Bertz CT molecular complexity index is 546. The molecular formula is C10H8Cl2N2O2S. The first kappa shape index (κ1) is 12.5. The molecule has 0 bridgehead atoms. The van der Waals surface area contributed by atoms with Gasteiger partial charge in [0.1, 0.15) is 5.25 Å². The van der Waals surface area contributed by atoms with Crippen molar-refractivity contribution in [1.82, 2.24) is 9.97 Å². The Morgan fingerprint density at radius 1 is 1.47 bits per heavy atom. The number of nitrogens with one attached hydrogen (secondary N) is 1. The molecular weight excluding hydrogens is 283 g/mol. The van der Waals surface area contributed by atoms with Crippen molar-refractivity contribution < 1.29 is 9.90 Å². The fourth-order valence-electron chi connectivity index (χ4n) is 1.26. The Kier molecular flexibility index (Phi) is 3.51. The standard InChI is InChI=1S/C10H8Cl2N2O2S/c1-4(9(15)16)17-10-13-7-2-5(11)6(12)3-8(7)14-10/h2-4H,1H3,(H,13,14)(H,15,16). The van der Waals surface area contributed by atoms with Crippen LogP contribution in [0.25, 0.3) is 11.0 Å². The number of carbonyl (C=O) groups is 1. The maximum absolute atomic E-state index is 10.7. The van der Waals surface area contributed by atoms with E-state index in [1.54, 1.807) is 19.1 Å². The highest BCUT2D eigenvalue weighted by Crippen LogP contribution is 2.29. The molecule has 7 heteroatoms. The van der Waals surface area contributed by atoms with Crippen LogP contribution in [0.15, 0.2) is 17.3 Å². The van der Waals surface area contributed by atoms with E-state index < -0.39 is 11.2 Å². The summed E-state index contributed by atoms with van der Waals surface area (Å²) >= 11 is 12.9. The largest absolute Gasteiger partial charge is 0.480 e. The average Bonchev–Trinajstić information content (AvgIpc) is 2.60. The Morgan fingerprint density at radius 2 is 2.12 bits per heavy atom. The van der Waals surface area contributed by atoms with E-state index in [2.05, 4.69) is 9.97 Å². The lowest BCUT2D eigenvalue weighted by Gasteiger charge is -2.00. The Labute approximate surface area is 111 Å². The summed E-state index contributed by atoms with van der Waals surface area (Å²) < 4.78 is 0. The van der Waals surface area contributed by atoms with Crippen LogP contribution in [0, 0.1) is 0 Å². The van der Waals surface area contributed by atoms with Crippen molar-refractivity contribution in [2.75, 3.05) is 0 Å². The molecule has 0 radical (unpaired) electrons. The van der Waals surface area contributed by atoms with Crippen LogP contribution in [-0.2, 0) is 4.79 Å². The maximum Gasteiger partial charge on any atom is 0.316 e. The molecule has 2 rings (SSSR count). The number of carboxylic acids is 1. The van der Waals surface area contributed by atoms with Crippen molar-refractivity contribution in [2.45, 2.75) is 17.3 Å². The molecule has 0 aliphatic rings. The van der Waals surface area contributed by atoms with Gasteiger partial charge in [-0.15, -0.1) is 0 Å². The molecule has 0 aliphatic carbocycles. The van der Waals surface area contributed by atoms with Crippen LogP contribution in [0.5, 0.6) is 0 Å². The summed E-state index contributed by atoms with van der Waals surface area (Å²) in [6.07, 6.45) is 0. The molecule has 0 fully saturated rings. The van der Waals surface area contributed by atoms with E-state index in [9.17, 15) is 4.79 Å². The molecule has 1 aromatic carbocycles. The molecule has 0 saturated carbocycles. The zero-order valence-corrected chi connectivity index (χ0v) is 11.0. The van der Waals surface area contributed by atoms with Crippen molar-refractivity contribution in [3.63, 3.8) is 0 Å². The van der Waals surface area contributed by atoms with Crippen LogP contribution in [-0.4, -0.2) is 26.3 Å². The van der Waals surface area contributed by atoms with Crippen LogP contribution >= 0.6 is 35.0 Å². The van der Waals surface area contributed by atoms with Crippen molar-refractivity contribution in [3.8, 4) is 0 Å². The summed E-state index contributed by atoms with van der Waals surface area (Å²) in [5, 5.41) is 9.63. The third-order valence-electron chi connectivity index (χ3n) is 2.14. The van der Waals surface area contributed by atoms with Gasteiger partial charge in [0, 0.05) is 0 Å². The van der Waals surface area contributed by atoms with Gasteiger partial charge in [-0.3, -0.25) is 4.79 Å². The summed E-state index contributed by atoms with van der Waals surface area (Å²) in [4.78, 5) is 18.0. The first-order valence-corrected chi connectivity index (χ1v) is 6.35. The second-order valence-electron chi connectivity index (χ2n) is 3.42. The van der Waals surface area contributed by atoms with E-state index in [1.165, 1.54) is 0 Å². The SMILES string of the molecule is CC(Sc1nc2cc(Cl)c(Cl)cc2[nH]1)C(=O)O. The first-order valence-electron chi connectivity index (χ1n) is 4.71. The summed E-state index contributed by atoms with van der Waals surface area (Å²) in [6, 6.07) is 3.31. The van der Waals surface area contributed by atoms with E-state index >= 15 is 0 Å². The molecule has 17 heavy (non-hydrogen) atoms. The van der Waals surface area contributed by atoms with Crippen molar-refractivity contribution in [2.24, 2.45) is 0 Å². The number of fused-ring (bicyclic) bond motifs is 1. The zero-order valence-electron chi connectivity index (χ0n) is 8.70. The number of carboxylic acid groups (broad SMARTS) is 1. The molecule has 1 unspecified atom stereocenters. The predicted octanol–water partition coefficient (Wildman–Crippen LogP) is 3.43. The van der Waals surface area contributed by atoms with Crippen LogP contribution in [0.1, 0.15) is 6.92 Å². The molecule has 1 atom stereocenters. The lowest BCUT2D eigenvalue weighted by Crippen LogP contribution is -2.11. The number of thioether (sulfide) groups is 1. The van der Waals surface area contributed by atoms with E-state index in [0.717, 1.165) is 17.3 Å². The minimum atomic E-state index is -0.883. The smallest absolute Gasteiger partial charge is 0.316 e. The van der Waals surface area contributed by atoms with Gasteiger partial charge in [0.05, 0.1) is 21.1 Å². The van der Waals surface area contributed by atoms with Gasteiger partial charge in [0.2, 0.25) is 0 Å². The topological polar surface area (TPSA) is 66.0 Å². The van der Waals surface area contributed by atoms with Gasteiger partial charge in [-0.25, -0.2) is 4.98 Å². The summed E-state index contributed by atoms with van der Waals surface area (Å²) in [5.41, 5.74) is 1.40. The highest BCUT2D eigenvalue weighted by Gasteiger charge is 2.15. The van der Waals surface area contributed by atoms with Crippen LogP contribution in [0.2, 0.25) is 10.0 Å². The van der Waals surface area contributed by atoms with Gasteiger partial charge < -0.3 is 10.1 Å². The first-order chi connectivity index (χ1) is 7.97. The van der Waals surface area contributed by atoms with E-state index in [-0.39, 0.29) is 0 Å². The van der Waals surface area contributed by atoms with Crippen molar-refractivity contribution >= 4 is 52.0 Å². The summed E-state index contributed by atoms with van der Waals surface area (Å²) in [5.74, 6) is -0.883. The van der Waals surface area contributed by atoms with Gasteiger partial charge in [-0.1, -0.05) is 35.0 Å². The normalized spacial score (nSPS) is 12.9. The predicted molar refractivity (Wildman–Crippen MR) is 69.1 cm³/mol. The second kappa shape index (κ2) is 4.76.